The molecular weight excluding hydrogens is 324 g/mol. The highest BCUT2D eigenvalue weighted by Crippen LogP contribution is 2.23. The summed E-state index contributed by atoms with van der Waals surface area (Å²) in [5, 5.41) is 3.18. The van der Waals surface area contributed by atoms with Crippen LogP contribution in [-0.4, -0.2) is 29.9 Å². The number of benzene rings is 1. The van der Waals surface area contributed by atoms with Crippen molar-refractivity contribution in [2.45, 2.75) is 12.5 Å². The van der Waals surface area contributed by atoms with Gasteiger partial charge >= 0.3 is 0 Å². The number of hydrogen-bond donors (Lipinski definition) is 1. The van der Waals surface area contributed by atoms with Crippen LogP contribution in [0.5, 0.6) is 0 Å². The van der Waals surface area contributed by atoms with Crippen molar-refractivity contribution in [1.82, 2.24) is 5.32 Å². The molecule has 1 aromatic rings. The molecule has 1 aliphatic heterocycles. The Labute approximate surface area is 117 Å². The van der Waals surface area contributed by atoms with E-state index >= 15 is 0 Å². The van der Waals surface area contributed by atoms with Crippen molar-refractivity contribution in [2.75, 3.05) is 18.1 Å². The number of carbonyl (C=O) groups is 1. The Balaban J connectivity index is 2.15. The Morgan fingerprint density at radius 2 is 2.28 bits per heavy atom. The molecule has 1 heterocycles. The van der Waals surface area contributed by atoms with Gasteiger partial charge in [-0.1, -0.05) is 0 Å². The van der Waals surface area contributed by atoms with E-state index in [9.17, 15) is 13.6 Å². The number of nitrogens with one attached hydrogen (secondary N) is 1. The number of hydrogen-bond acceptors (Lipinski definition) is 3. The minimum atomic E-state index is -0.816. The van der Waals surface area contributed by atoms with Gasteiger partial charge in [-0.05, 0) is 28.1 Å². The molecule has 0 radical (unpaired) electrons. The first-order valence-electron chi connectivity index (χ1n) is 5.57. The monoisotopic (exact) mass is 335 g/mol. The molecule has 0 aromatic heterocycles. The molecule has 2 rings (SSSR count). The van der Waals surface area contributed by atoms with Crippen LogP contribution in [0.4, 0.5) is 8.78 Å². The second-order valence-corrected chi connectivity index (χ2v) is 6.08. The zero-order chi connectivity index (χ0) is 13.1. The Morgan fingerprint density at radius 1 is 1.50 bits per heavy atom. The maximum atomic E-state index is 13.7. The molecule has 1 unspecified atom stereocenters. The number of rotatable bonds is 3. The summed E-state index contributed by atoms with van der Waals surface area (Å²) in [4.78, 5) is 12.0. The van der Waals surface area contributed by atoms with Gasteiger partial charge in [-0.3, -0.25) is 4.79 Å². The summed E-state index contributed by atoms with van der Waals surface area (Å²) in [5.74, 6) is -0.313. The van der Waals surface area contributed by atoms with Crippen LogP contribution in [-0.2, 0) is 0 Å². The SMILES string of the molecule is O=C(CC1CSCCN1)c1c(F)ccc(Br)c1F. The highest BCUT2D eigenvalue weighted by atomic mass is 79.9. The third-order valence-corrected chi connectivity index (χ3v) is 4.50. The normalized spacial score (nSPS) is 19.8. The van der Waals surface area contributed by atoms with E-state index in [2.05, 4.69) is 21.2 Å². The molecule has 1 saturated heterocycles. The van der Waals surface area contributed by atoms with E-state index in [0.29, 0.717) is 0 Å². The molecule has 18 heavy (non-hydrogen) atoms. The standard InChI is InChI=1S/C12H12BrF2NOS/c13-8-1-2-9(14)11(12(8)15)10(17)5-7-6-18-4-3-16-7/h1-2,7,16H,3-6H2. The van der Waals surface area contributed by atoms with Crippen molar-refractivity contribution in [2.24, 2.45) is 0 Å². The van der Waals surface area contributed by atoms with Crippen molar-refractivity contribution in [3.8, 4) is 0 Å². The predicted octanol–water partition coefficient (Wildman–Crippen LogP) is 3.01. The number of ketones is 1. The third-order valence-electron chi connectivity index (χ3n) is 2.75. The maximum absolute atomic E-state index is 13.7. The summed E-state index contributed by atoms with van der Waals surface area (Å²) in [7, 11) is 0. The van der Waals surface area contributed by atoms with E-state index < -0.39 is 23.0 Å². The lowest BCUT2D eigenvalue weighted by Crippen LogP contribution is -2.39. The molecule has 6 heteroatoms. The molecular formula is C12H12BrF2NOS. The van der Waals surface area contributed by atoms with Gasteiger partial charge in [0, 0.05) is 30.5 Å². The van der Waals surface area contributed by atoms with E-state index in [0.717, 1.165) is 24.1 Å². The smallest absolute Gasteiger partial charge is 0.170 e. The van der Waals surface area contributed by atoms with Crippen molar-refractivity contribution in [1.29, 1.82) is 0 Å². The second-order valence-electron chi connectivity index (χ2n) is 4.07. The van der Waals surface area contributed by atoms with Crippen LogP contribution in [0.2, 0.25) is 0 Å². The van der Waals surface area contributed by atoms with Gasteiger partial charge in [0.05, 0.1) is 10.0 Å². The highest BCUT2D eigenvalue weighted by Gasteiger charge is 2.23. The van der Waals surface area contributed by atoms with Crippen LogP contribution < -0.4 is 5.32 Å². The van der Waals surface area contributed by atoms with Gasteiger partial charge in [-0.2, -0.15) is 11.8 Å². The van der Waals surface area contributed by atoms with Gasteiger partial charge in [0.25, 0.3) is 0 Å². The predicted molar refractivity (Wildman–Crippen MR) is 72.1 cm³/mol. The molecule has 0 saturated carbocycles. The summed E-state index contributed by atoms with van der Waals surface area (Å²) in [6.07, 6.45) is 0.122. The van der Waals surface area contributed by atoms with Gasteiger partial charge in [0.1, 0.15) is 5.82 Å². The summed E-state index contributed by atoms with van der Waals surface area (Å²) >= 11 is 4.70. The molecule has 0 aliphatic carbocycles. The summed E-state index contributed by atoms with van der Waals surface area (Å²) in [6, 6.07) is 2.36. The number of carbonyl (C=O) groups excluding carboxylic acids is 1. The lowest BCUT2D eigenvalue weighted by molar-refractivity contribution is 0.0963. The third kappa shape index (κ3) is 3.10. The summed E-state index contributed by atoms with van der Waals surface area (Å²) < 4.78 is 27.4. The minimum absolute atomic E-state index is 0.00553. The van der Waals surface area contributed by atoms with Crippen molar-refractivity contribution >= 4 is 33.5 Å². The molecule has 1 N–H and O–H groups in total. The summed E-state index contributed by atoms with van der Waals surface area (Å²) in [5.41, 5.74) is -0.443. The summed E-state index contributed by atoms with van der Waals surface area (Å²) in [6.45, 7) is 0.825. The van der Waals surface area contributed by atoms with E-state index in [1.807, 2.05) is 0 Å². The topological polar surface area (TPSA) is 29.1 Å². The Kier molecular flexibility index (Phi) is 4.75. The zero-order valence-corrected chi connectivity index (χ0v) is 11.9. The van der Waals surface area contributed by atoms with Gasteiger partial charge in [-0.15, -0.1) is 0 Å². The minimum Gasteiger partial charge on any atom is -0.312 e. The molecule has 1 atom stereocenters. The fourth-order valence-corrected chi connectivity index (χ4v) is 3.14. The fraction of sp³-hybridized carbons (Fsp3) is 0.417. The molecule has 98 valence electrons. The van der Waals surface area contributed by atoms with Crippen LogP contribution in [0.25, 0.3) is 0 Å². The highest BCUT2D eigenvalue weighted by molar-refractivity contribution is 9.10. The molecule has 0 amide bonds. The average molecular weight is 336 g/mol. The van der Waals surface area contributed by atoms with Crippen molar-refractivity contribution in [3.05, 3.63) is 33.8 Å². The fourth-order valence-electron chi connectivity index (χ4n) is 1.86. The first-order valence-corrected chi connectivity index (χ1v) is 7.52. The maximum Gasteiger partial charge on any atom is 0.170 e. The molecule has 1 aromatic carbocycles. The van der Waals surface area contributed by atoms with Crippen LogP contribution in [0, 0.1) is 11.6 Å². The molecule has 0 bridgehead atoms. The van der Waals surface area contributed by atoms with Gasteiger partial charge in [-0.25, -0.2) is 8.78 Å². The van der Waals surface area contributed by atoms with Crippen LogP contribution in [0.3, 0.4) is 0 Å². The largest absolute Gasteiger partial charge is 0.312 e. The van der Waals surface area contributed by atoms with Crippen LogP contribution in [0.15, 0.2) is 16.6 Å². The molecule has 1 fully saturated rings. The number of halogens is 3. The number of Topliss-reactive ketones (excluding diaryl/α,β-unsaturated/α-hetero) is 1. The first kappa shape index (κ1) is 14.0. The lowest BCUT2D eigenvalue weighted by Gasteiger charge is -2.22. The van der Waals surface area contributed by atoms with Gasteiger partial charge in [0.2, 0.25) is 0 Å². The molecule has 2 nitrogen and oxygen atoms in total. The van der Waals surface area contributed by atoms with Crippen LogP contribution in [0.1, 0.15) is 16.8 Å². The van der Waals surface area contributed by atoms with Gasteiger partial charge in [0.15, 0.2) is 11.6 Å². The van der Waals surface area contributed by atoms with Crippen LogP contribution >= 0.6 is 27.7 Å². The van der Waals surface area contributed by atoms with Gasteiger partial charge < -0.3 is 5.32 Å². The number of thioether (sulfide) groups is 1. The second kappa shape index (κ2) is 6.12. The van der Waals surface area contributed by atoms with E-state index in [1.165, 1.54) is 6.07 Å². The quantitative estimate of drug-likeness (QED) is 0.680. The van der Waals surface area contributed by atoms with E-state index in [4.69, 9.17) is 0 Å². The Hall–Kier alpha value is -0.460. The van der Waals surface area contributed by atoms with E-state index in [1.54, 1.807) is 11.8 Å². The lowest BCUT2D eigenvalue weighted by atomic mass is 10.0. The molecule has 1 aliphatic rings. The van der Waals surface area contributed by atoms with Crippen molar-refractivity contribution < 1.29 is 13.6 Å². The first-order chi connectivity index (χ1) is 8.59. The molecule has 0 spiro atoms. The Bertz CT molecular complexity index is 464. The van der Waals surface area contributed by atoms with Crippen molar-refractivity contribution in [3.63, 3.8) is 0 Å². The zero-order valence-electron chi connectivity index (χ0n) is 9.51. The average Bonchev–Trinajstić information content (AvgIpc) is 2.36. The Morgan fingerprint density at radius 3 is 2.94 bits per heavy atom. The van der Waals surface area contributed by atoms with E-state index in [-0.39, 0.29) is 16.9 Å².